The average Bonchev–Trinajstić information content (AvgIpc) is 3.29. The first kappa shape index (κ1) is 24.1. The van der Waals surface area contributed by atoms with Crippen LogP contribution >= 0.6 is 11.3 Å². The lowest BCUT2D eigenvalue weighted by Crippen LogP contribution is -2.54. The molecule has 1 saturated carbocycles. The maximum Gasteiger partial charge on any atom is 0.257 e. The van der Waals surface area contributed by atoms with E-state index >= 15 is 0 Å². The summed E-state index contributed by atoms with van der Waals surface area (Å²) in [6.07, 6.45) is 7.22. The van der Waals surface area contributed by atoms with E-state index in [1.54, 1.807) is 6.07 Å². The molecule has 35 heavy (non-hydrogen) atoms. The highest BCUT2D eigenvalue weighted by molar-refractivity contribution is 7.17. The molecule has 0 radical (unpaired) electrons. The van der Waals surface area contributed by atoms with Gasteiger partial charge in [0, 0.05) is 50.6 Å². The molecule has 5 rings (SSSR count). The van der Waals surface area contributed by atoms with E-state index in [0.717, 1.165) is 37.3 Å². The molecule has 2 heterocycles. The van der Waals surface area contributed by atoms with Crippen LogP contribution in [0, 0.1) is 19.8 Å². The first-order valence-electron chi connectivity index (χ1n) is 12.8. The Bertz CT molecular complexity index is 1130. The van der Waals surface area contributed by atoms with E-state index < -0.39 is 0 Å². The van der Waals surface area contributed by atoms with E-state index in [2.05, 4.69) is 15.2 Å². The van der Waals surface area contributed by atoms with Gasteiger partial charge in [0.15, 0.2) is 10.9 Å². The number of aromatic nitrogens is 1. The zero-order valence-corrected chi connectivity index (χ0v) is 21.5. The van der Waals surface area contributed by atoms with E-state index in [-0.39, 0.29) is 29.9 Å². The van der Waals surface area contributed by atoms with Gasteiger partial charge >= 0.3 is 0 Å². The number of fused-ring (bicyclic) bond motifs is 1. The molecule has 1 aliphatic heterocycles. The summed E-state index contributed by atoms with van der Waals surface area (Å²) in [5, 5.41) is 3.28. The highest BCUT2D eigenvalue weighted by atomic mass is 32.1. The SMILES string of the molecule is Cc1cccc(C(=O)Nc2nc3c(s2)C(=O)C[C@@H](C(=O)N2CCN(C4CCCCC4)CC2)C3)c1C. The summed E-state index contributed by atoms with van der Waals surface area (Å²) in [7, 11) is 0. The molecule has 0 bridgehead atoms. The summed E-state index contributed by atoms with van der Waals surface area (Å²) in [4.78, 5) is 48.6. The van der Waals surface area contributed by atoms with Crippen molar-refractivity contribution in [2.24, 2.45) is 5.92 Å². The van der Waals surface area contributed by atoms with Crippen molar-refractivity contribution >= 4 is 34.1 Å². The van der Waals surface area contributed by atoms with Crippen LogP contribution < -0.4 is 5.32 Å². The Kier molecular flexibility index (Phi) is 7.02. The summed E-state index contributed by atoms with van der Waals surface area (Å²) in [5.41, 5.74) is 3.22. The van der Waals surface area contributed by atoms with Crippen molar-refractivity contribution in [3.8, 4) is 0 Å². The number of amides is 2. The minimum atomic E-state index is -0.360. The molecule has 2 fully saturated rings. The molecule has 1 aromatic carbocycles. The minimum Gasteiger partial charge on any atom is -0.340 e. The molecule has 3 aliphatic rings. The third kappa shape index (κ3) is 5.05. The second kappa shape index (κ2) is 10.2. The van der Waals surface area contributed by atoms with Gasteiger partial charge in [0.2, 0.25) is 5.91 Å². The van der Waals surface area contributed by atoms with Crippen LogP contribution in [0.2, 0.25) is 0 Å². The van der Waals surface area contributed by atoms with Crippen LogP contribution in [0.3, 0.4) is 0 Å². The summed E-state index contributed by atoms with van der Waals surface area (Å²) < 4.78 is 0. The van der Waals surface area contributed by atoms with Gasteiger partial charge in [0.25, 0.3) is 5.91 Å². The van der Waals surface area contributed by atoms with Gasteiger partial charge in [0.05, 0.1) is 16.5 Å². The number of carbonyl (C=O) groups is 3. The molecule has 8 heteroatoms. The Morgan fingerprint density at radius 3 is 2.51 bits per heavy atom. The van der Waals surface area contributed by atoms with Crippen LogP contribution in [-0.2, 0) is 11.2 Å². The number of rotatable bonds is 4. The van der Waals surface area contributed by atoms with E-state index in [0.29, 0.717) is 33.7 Å². The van der Waals surface area contributed by atoms with Gasteiger partial charge in [-0.25, -0.2) is 4.98 Å². The fourth-order valence-electron chi connectivity index (χ4n) is 5.73. The van der Waals surface area contributed by atoms with Crippen LogP contribution in [0.4, 0.5) is 5.13 Å². The fourth-order valence-corrected chi connectivity index (χ4v) is 6.67. The Morgan fingerprint density at radius 2 is 1.77 bits per heavy atom. The quantitative estimate of drug-likeness (QED) is 0.688. The first-order chi connectivity index (χ1) is 16.9. The lowest BCUT2D eigenvalue weighted by molar-refractivity contribution is -0.137. The number of hydrogen-bond donors (Lipinski definition) is 1. The number of Topliss-reactive ketones (excluding diaryl/α,β-unsaturated/α-hetero) is 1. The van der Waals surface area contributed by atoms with Crippen molar-refractivity contribution in [1.29, 1.82) is 0 Å². The number of hydrogen-bond acceptors (Lipinski definition) is 6. The molecule has 0 spiro atoms. The molecule has 1 aromatic heterocycles. The lowest BCUT2D eigenvalue weighted by Gasteiger charge is -2.41. The Morgan fingerprint density at radius 1 is 1.03 bits per heavy atom. The fraction of sp³-hybridized carbons (Fsp3) is 0.556. The van der Waals surface area contributed by atoms with Crippen LogP contribution in [0.1, 0.15) is 75.4 Å². The molecule has 2 amide bonds. The van der Waals surface area contributed by atoms with Crippen molar-refractivity contribution in [3.05, 3.63) is 45.5 Å². The molecule has 2 aromatic rings. The molecule has 7 nitrogen and oxygen atoms in total. The zero-order valence-electron chi connectivity index (χ0n) is 20.6. The number of ketones is 1. The van der Waals surface area contributed by atoms with Crippen LogP contribution in [-0.4, -0.2) is 64.6 Å². The monoisotopic (exact) mass is 494 g/mol. The lowest BCUT2D eigenvalue weighted by atomic mass is 9.88. The molecule has 1 saturated heterocycles. The van der Waals surface area contributed by atoms with E-state index in [4.69, 9.17) is 0 Å². The molecule has 2 aliphatic carbocycles. The van der Waals surface area contributed by atoms with E-state index in [1.165, 1.54) is 43.4 Å². The van der Waals surface area contributed by atoms with Gasteiger partial charge in [-0.3, -0.25) is 24.6 Å². The van der Waals surface area contributed by atoms with Gasteiger partial charge in [-0.15, -0.1) is 0 Å². The Hall–Kier alpha value is -2.58. The van der Waals surface area contributed by atoms with Crippen LogP contribution in [0.15, 0.2) is 18.2 Å². The van der Waals surface area contributed by atoms with Crippen molar-refractivity contribution < 1.29 is 14.4 Å². The average molecular weight is 495 g/mol. The predicted molar refractivity (Wildman–Crippen MR) is 137 cm³/mol. The topological polar surface area (TPSA) is 82.6 Å². The highest BCUT2D eigenvalue weighted by Crippen LogP contribution is 2.34. The number of thiazole rings is 1. The molecule has 0 unspecified atom stereocenters. The number of aryl methyl sites for hydroxylation is 1. The molecule has 1 atom stereocenters. The number of nitrogens with zero attached hydrogens (tertiary/aromatic N) is 3. The molecule has 1 N–H and O–H groups in total. The Balaban J connectivity index is 1.21. The molecular formula is C27H34N4O3S. The second-order valence-corrected chi connectivity index (χ2v) is 11.2. The van der Waals surface area contributed by atoms with Crippen LogP contribution in [0.25, 0.3) is 0 Å². The van der Waals surface area contributed by atoms with Crippen molar-refractivity contribution in [1.82, 2.24) is 14.8 Å². The summed E-state index contributed by atoms with van der Waals surface area (Å²) >= 11 is 1.22. The Labute approximate surface area is 210 Å². The number of benzene rings is 1. The summed E-state index contributed by atoms with van der Waals surface area (Å²) in [6.45, 7) is 7.22. The number of nitrogens with one attached hydrogen (secondary N) is 1. The van der Waals surface area contributed by atoms with Crippen molar-refractivity contribution in [2.45, 2.75) is 64.8 Å². The van der Waals surface area contributed by atoms with Gasteiger partial charge in [0.1, 0.15) is 0 Å². The number of carbonyl (C=O) groups excluding carboxylic acids is 3. The van der Waals surface area contributed by atoms with Crippen molar-refractivity contribution in [2.75, 3.05) is 31.5 Å². The van der Waals surface area contributed by atoms with Gasteiger partial charge < -0.3 is 4.90 Å². The van der Waals surface area contributed by atoms with Gasteiger partial charge in [-0.2, -0.15) is 0 Å². The predicted octanol–water partition coefficient (Wildman–Crippen LogP) is 4.23. The highest BCUT2D eigenvalue weighted by Gasteiger charge is 2.36. The largest absolute Gasteiger partial charge is 0.340 e. The molecular weight excluding hydrogens is 460 g/mol. The minimum absolute atomic E-state index is 0.0461. The zero-order chi connectivity index (χ0) is 24.5. The summed E-state index contributed by atoms with van der Waals surface area (Å²) in [5.74, 6) is -0.564. The second-order valence-electron chi connectivity index (χ2n) is 10.2. The maximum atomic E-state index is 13.3. The third-order valence-electron chi connectivity index (χ3n) is 7.96. The number of piperazine rings is 1. The maximum absolute atomic E-state index is 13.3. The third-order valence-corrected chi connectivity index (χ3v) is 9.01. The van der Waals surface area contributed by atoms with Crippen molar-refractivity contribution in [3.63, 3.8) is 0 Å². The standard InChI is InChI=1S/C27H34N4O3S/c1-17-7-6-10-21(18(17)2)25(33)29-27-28-22-15-19(16-23(32)24(22)35-27)26(34)31-13-11-30(12-14-31)20-8-4-3-5-9-20/h6-7,10,19-20H,3-5,8-9,11-16H2,1-2H3,(H,28,29,33)/t19-/m0/s1. The van der Waals surface area contributed by atoms with E-state index in [9.17, 15) is 14.4 Å². The molecule has 186 valence electrons. The van der Waals surface area contributed by atoms with Gasteiger partial charge in [-0.1, -0.05) is 42.7 Å². The first-order valence-corrected chi connectivity index (χ1v) is 13.7. The smallest absolute Gasteiger partial charge is 0.257 e. The van der Waals surface area contributed by atoms with Crippen LogP contribution in [0.5, 0.6) is 0 Å². The summed E-state index contributed by atoms with van der Waals surface area (Å²) in [6, 6.07) is 6.30. The van der Waals surface area contributed by atoms with E-state index in [1.807, 2.05) is 30.9 Å². The normalized spacial score (nSPS) is 21.6. The van der Waals surface area contributed by atoms with Gasteiger partial charge in [-0.05, 0) is 43.9 Å². The number of anilines is 1.